The molecule has 1 atom stereocenters. The van der Waals surface area contributed by atoms with E-state index in [0.29, 0.717) is 6.42 Å². The minimum absolute atomic E-state index is 0.102. The second-order valence-corrected chi connectivity index (χ2v) is 7.37. The summed E-state index contributed by atoms with van der Waals surface area (Å²) in [5.74, 6) is 0.108. The van der Waals surface area contributed by atoms with E-state index in [1.165, 1.54) is 53.5 Å². The maximum atomic E-state index is 12.6. The lowest BCUT2D eigenvalue weighted by atomic mass is 9.88. The average molecular weight is 335 g/mol. The van der Waals surface area contributed by atoms with Gasteiger partial charge in [-0.3, -0.25) is 4.79 Å². The van der Waals surface area contributed by atoms with Gasteiger partial charge in [-0.1, -0.05) is 48.9 Å². The maximum Gasteiger partial charge on any atom is 0.224 e. The number of hydrogen-bond acceptors (Lipinski definition) is 1. The van der Waals surface area contributed by atoms with Crippen LogP contribution in [-0.2, 0) is 24.1 Å². The topological polar surface area (TPSA) is 29.1 Å². The van der Waals surface area contributed by atoms with Crippen LogP contribution in [0, 0.1) is 13.8 Å². The van der Waals surface area contributed by atoms with E-state index in [4.69, 9.17) is 0 Å². The van der Waals surface area contributed by atoms with E-state index < -0.39 is 0 Å². The predicted octanol–water partition coefficient (Wildman–Crippen LogP) is 4.99. The smallest absolute Gasteiger partial charge is 0.224 e. The molecule has 2 aromatic carbocycles. The van der Waals surface area contributed by atoms with Crippen molar-refractivity contribution >= 4 is 5.91 Å². The Bertz CT molecular complexity index is 763. The summed E-state index contributed by atoms with van der Waals surface area (Å²) in [6, 6.07) is 13.2. The van der Waals surface area contributed by atoms with Gasteiger partial charge in [-0.25, -0.2) is 0 Å². The quantitative estimate of drug-likeness (QED) is 0.819. The number of carbonyl (C=O) groups excluding carboxylic acids is 1. The first-order valence-corrected chi connectivity index (χ1v) is 9.54. The summed E-state index contributed by atoms with van der Waals surface area (Å²) in [5.41, 5.74) is 7.76. The Labute approximate surface area is 151 Å². The Morgan fingerprint density at radius 1 is 1.04 bits per heavy atom. The van der Waals surface area contributed by atoms with E-state index in [2.05, 4.69) is 62.5 Å². The minimum Gasteiger partial charge on any atom is -0.349 e. The van der Waals surface area contributed by atoms with Crippen LogP contribution in [0.3, 0.4) is 0 Å². The van der Waals surface area contributed by atoms with Gasteiger partial charge in [-0.05, 0) is 73.8 Å². The second-order valence-electron chi connectivity index (χ2n) is 7.37. The van der Waals surface area contributed by atoms with Crippen molar-refractivity contribution in [2.75, 3.05) is 0 Å². The summed E-state index contributed by atoms with van der Waals surface area (Å²) >= 11 is 0. The summed E-state index contributed by atoms with van der Waals surface area (Å²) in [5, 5.41) is 3.24. The molecule has 0 spiro atoms. The maximum absolute atomic E-state index is 12.6. The highest BCUT2D eigenvalue weighted by Gasteiger charge is 2.16. The van der Waals surface area contributed by atoms with E-state index in [1.54, 1.807) is 0 Å². The molecule has 1 amide bonds. The van der Waals surface area contributed by atoms with Crippen LogP contribution in [0.25, 0.3) is 0 Å². The number of benzene rings is 2. The minimum atomic E-state index is 0.102. The van der Waals surface area contributed by atoms with E-state index in [9.17, 15) is 4.79 Å². The SMILES string of the molecule is CC[C@H](NC(=O)Cc1ccc(C)cc1C)c1ccc2c(c1)CCCC2. The second kappa shape index (κ2) is 7.86. The summed E-state index contributed by atoms with van der Waals surface area (Å²) < 4.78 is 0. The van der Waals surface area contributed by atoms with Gasteiger partial charge in [0.05, 0.1) is 12.5 Å². The van der Waals surface area contributed by atoms with Crippen LogP contribution >= 0.6 is 0 Å². The van der Waals surface area contributed by atoms with Gasteiger partial charge in [-0.15, -0.1) is 0 Å². The molecule has 2 heteroatoms. The molecule has 0 aliphatic heterocycles. The van der Waals surface area contributed by atoms with Gasteiger partial charge in [0.1, 0.15) is 0 Å². The van der Waals surface area contributed by atoms with Crippen molar-refractivity contribution in [1.29, 1.82) is 0 Å². The Morgan fingerprint density at radius 2 is 1.80 bits per heavy atom. The van der Waals surface area contributed by atoms with Gasteiger partial charge in [-0.2, -0.15) is 0 Å². The van der Waals surface area contributed by atoms with Crippen molar-refractivity contribution in [2.24, 2.45) is 0 Å². The molecule has 0 saturated heterocycles. The molecule has 0 saturated carbocycles. The van der Waals surface area contributed by atoms with E-state index >= 15 is 0 Å². The molecule has 0 radical (unpaired) electrons. The summed E-state index contributed by atoms with van der Waals surface area (Å²) in [4.78, 5) is 12.6. The van der Waals surface area contributed by atoms with Crippen molar-refractivity contribution in [3.63, 3.8) is 0 Å². The van der Waals surface area contributed by atoms with Crippen molar-refractivity contribution in [3.05, 3.63) is 69.8 Å². The third-order valence-corrected chi connectivity index (χ3v) is 5.37. The zero-order chi connectivity index (χ0) is 17.8. The third kappa shape index (κ3) is 4.31. The number of fused-ring (bicyclic) bond motifs is 1. The van der Waals surface area contributed by atoms with Gasteiger partial charge in [0.15, 0.2) is 0 Å². The Morgan fingerprint density at radius 3 is 2.52 bits per heavy atom. The highest BCUT2D eigenvalue weighted by Crippen LogP contribution is 2.26. The van der Waals surface area contributed by atoms with Gasteiger partial charge < -0.3 is 5.32 Å². The average Bonchev–Trinajstić information content (AvgIpc) is 2.61. The number of carbonyl (C=O) groups is 1. The molecule has 2 aromatic rings. The van der Waals surface area contributed by atoms with Gasteiger partial charge in [0.2, 0.25) is 5.91 Å². The molecule has 25 heavy (non-hydrogen) atoms. The van der Waals surface area contributed by atoms with E-state index in [0.717, 1.165) is 12.0 Å². The molecule has 132 valence electrons. The van der Waals surface area contributed by atoms with Crippen LogP contribution in [0.15, 0.2) is 36.4 Å². The lowest BCUT2D eigenvalue weighted by molar-refractivity contribution is -0.121. The van der Waals surface area contributed by atoms with Crippen LogP contribution in [0.1, 0.15) is 65.6 Å². The summed E-state index contributed by atoms with van der Waals surface area (Å²) in [6.45, 7) is 6.30. The van der Waals surface area contributed by atoms with E-state index in [-0.39, 0.29) is 11.9 Å². The van der Waals surface area contributed by atoms with Crippen LogP contribution in [-0.4, -0.2) is 5.91 Å². The number of nitrogens with one attached hydrogen (secondary N) is 1. The molecule has 2 nitrogen and oxygen atoms in total. The Kier molecular flexibility index (Phi) is 5.57. The normalized spacial score (nSPS) is 14.7. The predicted molar refractivity (Wildman–Crippen MR) is 104 cm³/mol. The third-order valence-electron chi connectivity index (χ3n) is 5.37. The van der Waals surface area contributed by atoms with Gasteiger partial charge >= 0.3 is 0 Å². The van der Waals surface area contributed by atoms with Gasteiger partial charge in [0.25, 0.3) is 0 Å². The Hall–Kier alpha value is -2.09. The number of hydrogen-bond donors (Lipinski definition) is 1. The highest BCUT2D eigenvalue weighted by atomic mass is 16.1. The molecule has 1 aliphatic carbocycles. The lowest BCUT2D eigenvalue weighted by Gasteiger charge is -2.22. The molecule has 0 fully saturated rings. The molecule has 0 heterocycles. The highest BCUT2D eigenvalue weighted by molar-refractivity contribution is 5.79. The van der Waals surface area contributed by atoms with Crippen molar-refractivity contribution in [3.8, 4) is 0 Å². The molecule has 1 aliphatic rings. The molecule has 0 unspecified atom stereocenters. The number of amides is 1. The monoisotopic (exact) mass is 335 g/mol. The fraction of sp³-hybridized carbons (Fsp3) is 0.435. The first-order valence-electron chi connectivity index (χ1n) is 9.54. The van der Waals surface area contributed by atoms with Gasteiger partial charge in [0, 0.05) is 0 Å². The molecule has 1 N–H and O–H groups in total. The largest absolute Gasteiger partial charge is 0.349 e. The van der Waals surface area contributed by atoms with E-state index in [1.807, 2.05) is 0 Å². The standard InChI is InChI=1S/C23H29NO/c1-4-22(21-12-11-18-7-5-6-8-20(18)14-21)24-23(25)15-19-10-9-16(2)13-17(19)3/h9-14,22H,4-8,15H2,1-3H3,(H,24,25)/t22-/m0/s1. The molecular weight excluding hydrogens is 306 g/mol. The number of rotatable bonds is 5. The first kappa shape index (κ1) is 17.7. The van der Waals surface area contributed by atoms with Crippen LogP contribution < -0.4 is 5.32 Å². The van der Waals surface area contributed by atoms with Crippen molar-refractivity contribution in [2.45, 2.75) is 65.3 Å². The van der Waals surface area contributed by atoms with Crippen molar-refractivity contribution in [1.82, 2.24) is 5.32 Å². The first-order chi connectivity index (χ1) is 12.1. The fourth-order valence-corrected chi connectivity index (χ4v) is 3.85. The van der Waals surface area contributed by atoms with Crippen LogP contribution in [0.4, 0.5) is 0 Å². The van der Waals surface area contributed by atoms with Crippen LogP contribution in [0.5, 0.6) is 0 Å². The molecule has 0 aromatic heterocycles. The zero-order valence-electron chi connectivity index (χ0n) is 15.7. The molecule has 3 rings (SSSR count). The molecular formula is C23H29NO. The van der Waals surface area contributed by atoms with Crippen molar-refractivity contribution < 1.29 is 4.79 Å². The summed E-state index contributed by atoms with van der Waals surface area (Å²) in [7, 11) is 0. The molecule has 0 bridgehead atoms. The van der Waals surface area contributed by atoms with Crippen LogP contribution in [0.2, 0.25) is 0 Å². The fourth-order valence-electron chi connectivity index (χ4n) is 3.85. The zero-order valence-corrected chi connectivity index (χ0v) is 15.7. The Balaban J connectivity index is 1.70. The number of aryl methyl sites for hydroxylation is 4. The lowest BCUT2D eigenvalue weighted by Crippen LogP contribution is -2.29. The summed E-state index contributed by atoms with van der Waals surface area (Å²) in [6.07, 6.45) is 6.33.